The summed E-state index contributed by atoms with van der Waals surface area (Å²) in [6, 6.07) is 14.5. The fourth-order valence-corrected chi connectivity index (χ4v) is 2.36. The molecule has 0 aliphatic heterocycles. The highest BCUT2D eigenvalue weighted by molar-refractivity contribution is 7.14. The van der Waals surface area contributed by atoms with Crippen molar-refractivity contribution in [2.24, 2.45) is 0 Å². The third-order valence-corrected chi connectivity index (χ3v) is 3.35. The fourth-order valence-electron chi connectivity index (χ4n) is 1.67. The molecule has 0 radical (unpaired) electrons. The molecule has 3 aromatic rings. The highest BCUT2D eigenvalue weighted by atomic mass is 32.1. The third-order valence-electron chi connectivity index (χ3n) is 2.59. The van der Waals surface area contributed by atoms with Gasteiger partial charge in [0.1, 0.15) is 11.4 Å². The molecule has 104 valence electrons. The van der Waals surface area contributed by atoms with Crippen molar-refractivity contribution in [2.45, 2.75) is 0 Å². The van der Waals surface area contributed by atoms with E-state index in [0.29, 0.717) is 10.9 Å². The summed E-state index contributed by atoms with van der Waals surface area (Å²) < 4.78 is 5.13. The molecule has 5 nitrogen and oxygen atoms in total. The zero-order valence-electron chi connectivity index (χ0n) is 10.9. The summed E-state index contributed by atoms with van der Waals surface area (Å²) in [5, 5.41) is 4.90. The molecule has 1 amide bonds. The van der Waals surface area contributed by atoms with Crippen LogP contribution < -0.4 is 10.1 Å². The number of carbonyl (C=O) groups excluding carboxylic acids is 1. The van der Waals surface area contributed by atoms with Gasteiger partial charge >= 0.3 is 6.09 Å². The summed E-state index contributed by atoms with van der Waals surface area (Å²) in [6.45, 7) is 0. The van der Waals surface area contributed by atoms with E-state index in [-0.39, 0.29) is 0 Å². The average Bonchev–Trinajstić information content (AvgIpc) is 2.97. The van der Waals surface area contributed by atoms with Crippen LogP contribution in [0.5, 0.6) is 5.75 Å². The molecule has 21 heavy (non-hydrogen) atoms. The quantitative estimate of drug-likeness (QED) is 0.798. The van der Waals surface area contributed by atoms with Gasteiger partial charge in [0, 0.05) is 11.6 Å². The Balaban J connectivity index is 1.66. The highest BCUT2D eigenvalue weighted by Gasteiger charge is 2.09. The predicted octanol–water partition coefficient (Wildman–Crippen LogP) is 3.82. The number of pyridine rings is 1. The number of thiazole rings is 1. The van der Waals surface area contributed by atoms with E-state index in [9.17, 15) is 4.79 Å². The van der Waals surface area contributed by atoms with Gasteiger partial charge in [-0.05, 0) is 24.3 Å². The first-order chi connectivity index (χ1) is 10.3. The van der Waals surface area contributed by atoms with E-state index in [1.807, 2.05) is 29.6 Å². The monoisotopic (exact) mass is 297 g/mol. The number of para-hydroxylation sites is 1. The minimum atomic E-state index is -0.567. The lowest BCUT2D eigenvalue weighted by Gasteiger charge is -2.03. The predicted molar refractivity (Wildman–Crippen MR) is 81.4 cm³/mol. The number of hydrogen-bond donors (Lipinski definition) is 1. The Hall–Kier alpha value is -2.73. The van der Waals surface area contributed by atoms with Gasteiger partial charge in [-0.1, -0.05) is 24.3 Å². The first kappa shape index (κ1) is 13.3. The van der Waals surface area contributed by atoms with Gasteiger partial charge in [0.15, 0.2) is 5.13 Å². The second-order valence-electron chi connectivity index (χ2n) is 4.08. The first-order valence-corrected chi connectivity index (χ1v) is 7.10. The minimum absolute atomic E-state index is 0.469. The molecule has 0 aliphatic rings. The van der Waals surface area contributed by atoms with Crippen LogP contribution in [0.3, 0.4) is 0 Å². The van der Waals surface area contributed by atoms with Crippen molar-refractivity contribution in [1.29, 1.82) is 0 Å². The number of carbonyl (C=O) groups is 1. The summed E-state index contributed by atoms with van der Waals surface area (Å²) >= 11 is 1.32. The zero-order valence-corrected chi connectivity index (χ0v) is 11.7. The SMILES string of the molecule is O=C(Nc1nc(-c2ccccn2)cs1)Oc1ccccc1. The van der Waals surface area contributed by atoms with Crippen molar-refractivity contribution < 1.29 is 9.53 Å². The molecule has 0 atom stereocenters. The first-order valence-electron chi connectivity index (χ1n) is 6.22. The van der Waals surface area contributed by atoms with Crippen LogP contribution >= 0.6 is 11.3 Å². The topological polar surface area (TPSA) is 64.1 Å². The number of ether oxygens (including phenoxy) is 1. The van der Waals surface area contributed by atoms with Gasteiger partial charge in [0.25, 0.3) is 0 Å². The van der Waals surface area contributed by atoms with Gasteiger partial charge in [-0.25, -0.2) is 9.78 Å². The summed E-state index contributed by atoms with van der Waals surface area (Å²) in [4.78, 5) is 20.3. The van der Waals surface area contributed by atoms with Crippen LogP contribution in [-0.2, 0) is 0 Å². The summed E-state index contributed by atoms with van der Waals surface area (Å²) in [5.74, 6) is 0.483. The third kappa shape index (κ3) is 3.43. The molecule has 0 unspecified atom stereocenters. The summed E-state index contributed by atoms with van der Waals surface area (Å²) in [6.07, 6.45) is 1.13. The maximum atomic E-state index is 11.7. The molecule has 0 fully saturated rings. The summed E-state index contributed by atoms with van der Waals surface area (Å²) in [5.41, 5.74) is 1.48. The molecule has 0 bridgehead atoms. The zero-order chi connectivity index (χ0) is 14.5. The van der Waals surface area contributed by atoms with Crippen LogP contribution in [0.25, 0.3) is 11.4 Å². The number of rotatable bonds is 3. The molecule has 0 spiro atoms. The lowest BCUT2D eigenvalue weighted by Crippen LogP contribution is -2.16. The van der Waals surface area contributed by atoms with Crippen molar-refractivity contribution in [3.8, 4) is 17.1 Å². The molecule has 1 aromatic carbocycles. The smallest absolute Gasteiger partial charge is 0.410 e. The van der Waals surface area contributed by atoms with Gasteiger partial charge < -0.3 is 4.74 Å². The van der Waals surface area contributed by atoms with Gasteiger partial charge in [-0.15, -0.1) is 11.3 Å². The Morgan fingerprint density at radius 1 is 1.05 bits per heavy atom. The van der Waals surface area contributed by atoms with Gasteiger partial charge in [0.2, 0.25) is 0 Å². The van der Waals surface area contributed by atoms with Crippen molar-refractivity contribution in [3.63, 3.8) is 0 Å². The Kier molecular flexibility index (Phi) is 3.88. The van der Waals surface area contributed by atoms with Crippen LogP contribution in [0.4, 0.5) is 9.93 Å². The Labute approximate surface area is 125 Å². The average molecular weight is 297 g/mol. The maximum Gasteiger partial charge on any atom is 0.418 e. The lowest BCUT2D eigenvalue weighted by molar-refractivity contribution is 0.215. The van der Waals surface area contributed by atoms with Crippen LogP contribution in [-0.4, -0.2) is 16.1 Å². The molecule has 3 rings (SSSR count). The number of benzene rings is 1. The number of amides is 1. The van der Waals surface area contributed by atoms with Crippen LogP contribution in [0.1, 0.15) is 0 Å². The van der Waals surface area contributed by atoms with E-state index in [1.165, 1.54) is 11.3 Å². The number of aromatic nitrogens is 2. The standard InChI is InChI=1S/C15H11N3O2S/c19-15(20-11-6-2-1-3-7-11)18-14-17-13(10-21-14)12-8-4-5-9-16-12/h1-10H,(H,17,18,19). The molecule has 6 heteroatoms. The van der Waals surface area contributed by atoms with Crippen molar-refractivity contribution >= 4 is 22.6 Å². The van der Waals surface area contributed by atoms with Gasteiger partial charge in [0.05, 0.1) is 5.69 Å². The number of nitrogens with one attached hydrogen (secondary N) is 1. The highest BCUT2D eigenvalue weighted by Crippen LogP contribution is 2.23. The molecule has 0 saturated carbocycles. The van der Waals surface area contributed by atoms with Gasteiger partial charge in [-0.2, -0.15) is 0 Å². The van der Waals surface area contributed by atoms with E-state index in [4.69, 9.17) is 4.74 Å². The van der Waals surface area contributed by atoms with Gasteiger partial charge in [-0.3, -0.25) is 10.3 Å². The molecule has 0 aliphatic carbocycles. The molecule has 0 saturated heterocycles. The Morgan fingerprint density at radius 3 is 2.62 bits per heavy atom. The van der Waals surface area contributed by atoms with E-state index >= 15 is 0 Å². The summed E-state index contributed by atoms with van der Waals surface area (Å²) in [7, 11) is 0. The molecule has 2 aromatic heterocycles. The van der Waals surface area contributed by atoms with Crippen LogP contribution in [0, 0.1) is 0 Å². The lowest BCUT2D eigenvalue weighted by atomic mass is 10.3. The molecular weight excluding hydrogens is 286 g/mol. The number of hydrogen-bond acceptors (Lipinski definition) is 5. The Bertz CT molecular complexity index is 729. The number of anilines is 1. The van der Waals surface area contributed by atoms with Crippen molar-refractivity contribution in [3.05, 3.63) is 60.1 Å². The second-order valence-corrected chi connectivity index (χ2v) is 4.94. The molecule has 1 N–H and O–H groups in total. The largest absolute Gasteiger partial charge is 0.418 e. The van der Waals surface area contributed by atoms with Crippen molar-refractivity contribution in [2.75, 3.05) is 5.32 Å². The molecule has 2 heterocycles. The van der Waals surface area contributed by atoms with E-state index in [2.05, 4.69) is 15.3 Å². The van der Waals surface area contributed by atoms with E-state index in [0.717, 1.165) is 11.4 Å². The fraction of sp³-hybridized carbons (Fsp3) is 0. The Morgan fingerprint density at radius 2 is 1.86 bits per heavy atom. The normalized spacial score (nSPS) is 10.1. The molecular formula is C15H11N3O2S. The number of nitrogens with zero attached hydrogens (tertiary/aromatic N) is 2. The minimum Gasteiger partial charge on any atom is -0.410 e. The van der Waals surface area contributed by atoms with Crippen LogP contribution in [0.2, 0.25) is 0 Å². The van der Waals surface area contributed by atoms with Crippen molar-refractivity contribution in [1.82, 2.24) is 9.97 Å². The second kappa shape index (κ2) is 6.15. The van der Waals surface area contributed by atoms with E-state index < -0.39 is 6.09 Å². The van der Waals surface area contributed by atoms with E-state index in [1.54, 1.807) is 30.5 Å². The maximum absolute atomic E-state index is 11.7. The van der Waals surface area contributed by atoms with Crippen LogP contribution in [0.15, 0.2) is 60.1 Å².